The van der Waals surface area contributed by atoms with E-state index in [0.29, 0.717) is 5.56 Å². The summed E-state index contributed by atoms with van der Waals surface area (Å²) >= 11 is 0. The van der Waals surface area contributed by atoms with Crippen molar-refractivity contribution in [3.63, 3.8) is 0 Å². The second kappa shape index (κ2) is 10.6. The minimum Gasteiger partial charge on any atom is -0.349 e. The molecule has 2 aromatic carbocycles. The van der Waals surface area contributed by atoms with E-state index in [-0.39, 0.29) is 23.8 Å². The Morgan fingerprint density at radius 3 is 2.39 bits per heavy atom. The number of anilines is 1. The molecule has 0 radical (unpaired) electrons. The molecule has 1 saturated carbocycles. The molecule has 6 heteroatoms. The minimum atomic E-state index is -0.0271. The molecule has 1 aliphatic carbocycles. The Morgan fingerprint density at radius 2 is 1.73 bits per heavy atom. The third-order valence-corrected chi connectivity index (χ3v) is 6.51. The fraction of sp³-hybridized carbons (Fsp3) is 0.444. The van der Waals surface area contributed by atoms with Crippen LogP contribution in [-0.2, 0) is 4.79 Å². The molecule has 0 unspecified atom stereocenters. The molecule has 1 aromatic heterocycles. The van der Waals surface area contributed by atoms with E-state index in [1.165, 1.54) is 0 Å². The van der Waals surface area contributed by atoms with Crippen molar-refractivity contribution in [1.29, 1.82) is 0 Å². The number of benzene rings is 2. The molecule has 0 atom stereocenters. The number of imidazole rings is 1. The first-order valence-corrected chi connectivity index (χ1v) is 12.3. The summed E-state index contributed by atoms with van der Waals surface area (Å²) in [6.45, 7) is 4.28. The lowest BCUT2D eigenvalue weighted by atomic mass is 10.1. The lowest BCUT2D eigenvalue weighted by Crippen LogP contribution is -2.34. The number of nitrogens with zero attached hydrogens (tertiary/aromatic N) is 1. The predicted molar refractivity (Wildman–Crippen MR) is 133 cm³/mol. The Labute approximate surface area is 195 Å². The van der Waals surface area contributed by atoms with Crippen molar-refractivity contribution in [2.24, 2.45) is 5.92 Å². The monoisotopic (exact) mass is 446 g/mol. The van der Waals surface area contributed by atoms with E-state index in [1.807, 2.05) is 42.5 Å². The first-order valence-electron chi connectivity index (χ1n) is 12.3. The van der Waals surface area contributed by atoms with Gasteiger partial charge in [-0.25, -0.2) is 4.98 Å². The molecule has 1 heterocycles. The summed E-state index contributed by atoms with van der Waals surface area (Å²) < 4.78 is 0. The number of nitrogens with one attached hydrogen (secondary N) is 3. The number of aromatic amines is 1. The molecule has 6 nitrogen and oxygen atoms in total. The van der Waals surface area contributed by atoms with Crippen molar-refractivity contribution in [3.8, 4) is 11.4 Å². The van der Waals surface area contributed by atoms with Gasteiger partial charge in [0.05, 0.1) is 11.0 Å². The second-order valence-electron chi connectivity index (χ2n) is 9.11. The van der Waals surface area contributed by atoms with Crippen molar-refractivity contribution in [3.05, 3.63) is 48.0 Å². The van der Waals surface area contributed by atoms with E-state index < -0.39 is 0 Å². The molecule has 4 rings (SSSR count). The zero-order valence-electron chi connectivity index (χ0n) is 19.6. The van der Waals surface area contributed by atoms with Crippen LogP contribution in [0.15, 0.2) is 42.5 Å². The Hall–Kier alpha value is -3.15. The van der Waals surface area contributed by atoms with Gasteiger partial charge in [0.1, 0.15) is 5.82 Å². The summed E-state index contributed by atoms with van der Waals surface area (Å²) in [5.41, 5.74) is 4.07. The lowest BCUT2D eigenvalue weighted by Gasteiger charge is -2.17. The smallest absolute Gasteiger partial charge is 0.251 e. The van der Waals surface area contributed by atoms with Gasteiger partial charge in [0, 0.05) is 28.8 Å². The van der Waals surface area contributed by atoms with E-state index >= 15 is 0 Å². The van der Waals surface area contributed by atoms with E-state index in [1.54, 1.807) is 0 Å². The van der Waals surface area contributed by atoms with Gasteiger partial charge in [-0.05, 0) is 56.0 Å². The summed E-state index contributed by atoms with van der Waals surface area (Å²) in [6.07, 6.45) is 8.35. The van der Waals surface area contributed by atoms with Crippen molar-refractivity contribution in [2.75, 3.05) is 5.32 Å². The number of carbonyl (C=O) groups is 2. The van der Waals surface area contributed by atoms with Crippen molar-refractivity contribution < 1.29 is 9.59 Å². The predicted octanol–water partition coefficient (Wildman–Crippen LogP) is 6.06. The van der Waals surface area contributed by atoms with Crippen LogP contribution in [0.3, 0.4) is 0 Å². The highest BCUT2D eigenvalue weighted by Gasteiger charge is 2.22. The molecule has 1 fully saturated rings. The van der Waals surface area contributed by atoms with Gasteiger partial charge in [0.15, 0.2) is 0 Å². The molecular weight excluding hydrogens is 412 g/mol. The SMILES string of the molecule is CCCC(CCC)NC(=O)c1ccc(-c2nc3ccc(NC(=O)C4CCCC4)cc3[nH]2)cc1. The molecule has 2 amide bonds. The average molecular weight is 447 g/mol. The average Bonchev–Trinajstić information content (AvgIpc) is 3.49. The van der Waals surface area contributed by atoms with Crippen molar-refractivity contribution in [2.45, 2.75) is 71.3 Å². The van der Waals surface area contributed by atoms with Crippen LogP contribution in [0.1, 0.15) is 75.6 Å². The van der Waals surface area contributed by atoms with Gasteiger partial charge in [0.2, 0.25) is 5.91 Å². The maximum absolute atomic E-state index is 12.6. The van der Waals surface area contributed by atoms with Gasteiger partial charge in [0.25, 0.3) is 5.91 Å². The van der Waals surface area contributed by atoms with E-state index in [2.05, 4.69) is 34.4 Å². The first kappa shape index (κ1) is 23.0. The quantitative estimate of drug-likeness (QED) is 0.373. The Bertz CT molecular complexity index is 1090. The number of H-pyrrole nitrogens is 1. The molecule has 0 bridgehead atoms. The summed E-state index contributed by atoms with van der Waals surface area (Å²) in [7, 11) is 0. The van der Waals surface area contributed by atoms with Crippen LogP contribution in [0.4, 0.5) is 5.69 Å². The molecule has 174 valence electrons. The fourth-order valence-corrected chi connectivity index (χ4v) is 4.69. The number of amides is 2. The van der Waals surface area contributed by atoms with Crippen LogP contribution in [0, 0.1) is 5.92 Å². The van der Waals surface area contributed by atoms with Gasteiger partial charge in [-0.15, -0.1) is 0 Å². The highest BCUT2D eigenvalue weighted by atomic mass is 16.2. The third-order valence-electron chi connectivity index (χ3n) is 6.51. The number of hydrogen-bond acceptors (Lipinski definition) is 3. The maximum atomic E-state index is 12.6. The summed E-state index contributed by atoms with van der Waals surface area (Å²) in [5.74, 6) is 0.959. The Kier molecular flexibility index (Phi) is 7.43. The molecule has 3 N–H and O–H groups in total. The van der Waals surface area contributed by atoms with Gasteiger partial charge in [-0.1, -0.05) is 51.7 Å². The number of aromatic nitrogens is 2. The van der Waals surface area contributed by atoms with E-state index in [0.717, 1.165) is 79.5 Å². The first-order chi connectivity index (χ1) is 16.1. The highest BCUT2D eigenvalue weighted by Crippen LogP contribution is 2.27. The van der Waals surface area contributed by atoms with Crippen LogP contribution in [0.2, 0.25) is 0 Å². The molecule has 3 aromatic rings. The van der Waals surface area contributed by atoms with Gasteiger partial charge < -0.3 is 15.6 Å². The van der Waals surface area contributed by atoms with Crippen LogP contribution >= 0.6 is 0 Å². The number of hydrogen-bond donors (Lipinski definition) is 3. The summed E-state index contributed by atoms with van der Waals surface area (Å²) in [6, 6.07) is 13.5. The molecule has 1 aliphatic rings. The van der Waals surface area contributed by atoms with Crippen molar-refractivity contribution in [1.82, 2.24) is 15.3 Å². The third kappa shape index (κ3) is 5.62. The van der Waals surface area contributed by atoms with Crippen LogP contribution < -0.4 is 10.6 Å². The topological polar surface area (TPSA) is 86.9 Å². The lowest BCUT2D eigenvalue weighted by molar-refractivity contribution is -0.119. The number of carbonyl (C=O) groups excluding carboxylic acids is 2. The van der Waals surface area contributed by atoms with Gasteiger partial charge in [-0.2, -0.15) is 0 Å². The minimum absolute atomic E-state index is 0.0271. The van der Waals surface area contributed by atoms with Crippen LogP contribution in [0.5, 0.6) is 0 Å². The molecule has 0 spiro atoms. The molecule has 33 heavy (non-hydrogen) atoms. The normalized spacial score (nSPS) is 14.2. The maximum Gasteiger partial charge on any atom is 0.251 e. The van der Waals surface area contributed by atoms with E-state index in [9.17, 15) is 9.59 Å². The summed E-state index contributed by atoms with van der Waals surface area (Å²) in [4.78, 5) is 33.1. The molecule has 0 saturated heterocycles. The highest BCUT2D eigenvalue weighted by molar-refractivity contribution is 5.96. The second-order valence-corrected chi connectivity index (χ2v) is 9.11. The molecular formula is C27H34N4O2. The molecule has 0 aliphatic heterocycles. The number of fused-ring (bicyclic) bond motifs is 1. The zero-order valence-corrected chi connectivity index (χ0v) is 19.6. The van der Waals surface area contributed by atoms with Crippen LogP contribution in [0.25, 0.3) is 22.4 Å². The number of rotatable bonds is 9. The largest absolute Gasteiger partial charge is 0.349 e. The summed E-state index contributed by atoms with van der Waals surface area (Å²) in [5, 5.41) is 6.21. The zero-order chi connectivity index (χ0) is 23.2. The Morgan fingerprint density at radius 1 is 1.03 bits per heavy atom. The standard InChI is InChI=1S/C27H34N4O2/c1-3-7-21(8-4-2)28-27(33)20-13-11-18(12-14-20)25-30-23-16-15-22(17-24(23)31-25)29-26(32)19-9-5-6-10-19/h11-17,19,21H,3-10H2,1-2H3,(H,28,33)(H,29,32)(H,30,31). The van der Waals surface area contributed by atoms with Gasteiger partial charge >= 0.3 is 0 Å². The van der Waals surface area contributed by atoms with E-state index in [4.69, 9.17) is 0 Å². The van der Waals surface area contributed by atoms with Crippen molar-refractivity contribution >= 4 is 28.5 Å². The van der Waals surface area contributed by atoms with Gasteiger partial charge in [-0.3, -0.25) is 9.59 Å². The fourth-order valence-electron chi connectivity index (χ4n) is 4.69. The van der Waals surface area contributed by atoms with Crippen LogP contribution in [-0.4, -0.2) is 27.8 Å². The Balaban J connectivity index is 1.45.